The molecule has 0 spiro atoms. The van der Waals surface area contributed by atoms with E-state index in [1.165, 1.54) is 12.3 Å². The van der Waals surface area contributed by atoms with E-state index >= 15 is 0 Å². The second kappa shape index (κ2) is 11.5. The van der Waals surface area contributed by atoms with E-state index in [2.05, 4.69) is 20.6 Å². The van der Waals surface area contributed by atoms with Crippen molar-refractivity contribution in [2.24, 2.45) is 4.99 Å². The number of guanidine groups is 1. The molecule has 0 amide bonds. The van der Waals surface area contributed by atoms with Crippen LogP contribution in [0.15, 0.2) is 35.6 Å². The van der Waals surface area contributed by atoms with Crippen molar-refractivity contribution in [2.75, 3.05) is 18.6 Å². The molecule has 0 saturated carbocycles. The number of rotatable bonds is 8. The van der Waals surface area contributed by atoms with Crippen LogP contribution < -0.4 is 10.6 Å². The third-order valence-corrected chi connectivity index (χ3v) is 5.14. The number of aromatic nitrogens is 2. The Bertz CT molecular complexity index is 930. The molecule has 1 unspecified atom stereocenters. The Morgan fingerprint density at radius 1 is 1.38 bits per heavy atom. The molecular formula is C19H29FIN5O2S. The summed E-state index contributed by atoms with van der Waals surface area (Å²) in [5.41, 5.74) is 1.18. The van der Waals surface area contributed by atoms with Gasteiger partial charge in [-0.05, 0) is 44.9 Å². The maximum atomic E-state index is 14.5. The summed E-state index contributed by atoms with van der Waals surface area (Å²) in [6.07, 6.45) is 5.06. The third kappa shape index (κ3) is 8.29. The van der Waals surface area contributed by atoms with Crippen molar-refractivity contribution in [3.05, 3.63) is 47.8 Å². The molecule has 1 aromatic carbocycles. The number of aliphatic imine (C=N–C) groups is 1. The van der Waals surface area contributed by atoms with Crippen molar-refractivity contribution in [1.82, 2.24) is 20.2 Å². The summed E-state index contributed by atoms with van der Waals surface area (Å²) in [6, 6.07) is 4.95. The average molecular weight is 537 g/mol. The van der Waals surface area contributed by atoms with Crippen LogP contribution in [0.1, 0.15) is 31.7 Å². The van der Waals surface area contributed by atoms with Gasteiger partial charge in [-0.1, -0.05) is 6.07 Å². The van der Waals surface area contributed by atoms with Crippen LogP contribution in [0.25, 0.3) is 5.69 Å². The minimum Gasteiger partial charge on any atom is -0.357 e. The Morgan fingerprint density at radius 2 is 2.10 bits per heavy atom. The maximum absolute atomic E-state index is 14.5. The first-order valence-electron chi connectivity index (χ1n) is 9.21. The van der Waals surface area contributed by atoms with E-state index in [-0.39, 0.29) is 41.6 Å². The fraction of sp³-hybridized carbons (Fsp3) is 0.474. The maximum Gasteiger partial charge on any atom is 0.191 e. The summed E-state index contributed by atoms with van der Waals surface area (Å²) in [6.45, 7) is 6.63. The van der Waals surface area contributed by atoms with Gasteiger partial charge in [0, 0.05) is 31.2 Å². The normalized spacial score (nSPS) is 12.9. The number of nitrogens with zero attached hydrogens (tertiary/aromatic N) is 3. The molecule has 29 heavy (non-hydrogen) atoms. The van der Waals surface area contributed by atoms with Gasteiger partial charge in [-0.15, -0.1) is 24.0 Å². The van der Waals surface area contributed by atoms with Crippen molar-refractivity contribution in [3.8, 4) is 5.69 Å². The lowest BCUT2D eigenvalue weighted by molar-refractivity contribution is 0.581. The molecular weight excluding hydrogens is 508 g/mol. The van der Waals surface area contributed by atoms with E-state index in [0.29, 0.717) is 37.0 Å². The van der Waals surface area contributed by atoms with Crippen LogP contribution in [-0.4, -0.2) is 48.5 Å². The summed E-state index contributed by atoms with van der Waals surface area (Å²) in [4.78, 5) is 8.59. The van der Waals surface area contributed by atoms with Crippen LogP contribution in [0.2, 0.25) is 0 Å². The highest BCUT2D eigenvalue weighted by atomic mass is 127. The average Bonchev–Trinajstić information content (AvgIpc) is 3.03. The van der Waals surface area contributed by atoms with Crippen molar-refractivity contribution in [3.63, 3.8) is 0 Å². The zero-order chi connectivity index (χ0) is 20.7. The topological polar surface area (TPSA) is 88.4 Å². The van der Waals surface area contributed by atoms with Gasteiger partial charge in [0.05, 0.1) is 18.0 Å². The van der Waals surface area contributed by atoms with Crippen LogP contribution in [-0.2, 0) is 16.4 Å². The fourth-order valence-electron chi connectivity index (χ4n) is 2.66. The van der Waals surface area contributed by atoms with Crippen LogP contribution in [0.3, 0.4) is 0 Å². The van der Waals surface area contributed by atoms with E-state index in [9.17, 15) is 12.8 Å². The highest BCUT2D eigenvalue weighted by Crippen LogP contribution is 2.17. The van der Waals surface area contributed by atoms with Gasteiger partial charge in [0.25, 0.3) is 0 Å². The van der Waals surface area contributed by atoms with Crippen molar-refractivity contribution < 1.29 is 12.8 Å². The lowest BCUT2D eigenvalue weighted by Crippen LogP contribution is -2.42. The molecule has 0 aliphatic carbocycles. The molecule has 1 heterocycles. The molecule has 1 atom stereocenters. The van der Waals surface area contributed by atoms with Gasteiger partial charge in [0.1, 0.15) is 21.5 Å². The number of nitrogens with one attached hydrogen (secondary N) is 2. The van der Waals surface area contributed by atoms with E-state index in [1.54, 1.807) is 23.0 Å². The molecule has 0 bridgehead atoms. The predicted molar refractivity (Wildman–Crippen MR) is 125 cm³/mol. The molecule has 2 rings (SSSR count). The summed E-state index contributed by atoms with van der Waals surface area (Å²) < 4.78 is 38.8. The van der Waals surface area contributed by atoms with Crippen molar-refractivity contribution in [2.45, 2.75) is 39.8 Å². The van der Waals surface area contributed by atoms with Crippen molar-refractivity contribution in [1.29, 1.82) is 0 Å². The van der Waals surface area contributed by atoms with Gasteiger partial charge in [0.15, 0.2) is 5.96 Å². The monoisotopic (exact) mass is 537 g/mol. The third-order valence-electron chi connectivity index (χ3n) is 4.17. The fourth-order valence-corrected chi connectivity index (χ4v) is 3.45. The number of hydrogen-bond donors (Lipinski definition) is 2. The smallest absolute Gasteiger partial charge is 0.191 e. The lowest BCUT2D eigenvalue weighted by atomic mass is 10.2. The Labute approximate surface area is 189 Å². The number of benzene rings is 1. The van der Waals surface area contributed by atoms with E-state index in [0.717, 1.165) is 5.56 Å². The number of imidazole rings is 1. The predicted octanol–water partition coefficient (Wildman–Crippen LogP) is 2.82. The zero-order valence-electron chi connectivity index (χ0n) is 17.1. The van der Waals surface area contributed by atoms with E-state index in [1.807, 2.05) is 26.8 Å². The summed E-state index contributed by atoms with van der Waals surface area (Å²) in [5.74, 6) is 1.05. The number of aryl methyl sites for hydroxylation is 1. The molecule has 0 radical (unpaired) electrons. The summed E-state index contributed by atoms with van der Waals surface area (Å²) in [7, 11) is -3.00. The molecule has 162 valence electrons. The Balaban J connectivity index is 0.00000420. The molecule has 0 saturated heterocycles. The second-order valence-corrected chi connectivity index (χ2v) is 9.05. The van der Waals surface area contributed by atoms with Crippen molar-refractivity contribution >= 4 is 39.8 Å². The summed E-state index contributed by atoms with van der Waals surface area (Å²) in [5, 5.41) is 6.30. The zero-order valence-corrected chi connectivity index (χ0v) is 20.3. The van der Waals surface area contributed by atoms with Crippen LogP contribution in [0, 0.1) is 12.7 Å². The Kier molecular flexibility index (Phi) is 10.0. The van der Waals surface area contributed by atoms with Gasteiger partial charge in [-0.25, -0.2) is 22.8 Å². The van der Waals surface area contributed by atoms with Gasteiger partial charge >= 0.3 is 0 Å². The van der Waals surface area contributed by atoms with E-state index in [4.69, 9.17) is 0 Å². The first-order chi connectivity index (χ1) is 13.2. The van der Waals surface area contributed by atoms with Crippen LogP contribution >= 0.6 is 24.0 Å². The quantitative estimate of drug-likeness (QED) is 0.307. The molecule has 1 aromatic heterocycles. The van der Waals surface area contributed by atoms with E-state index < -0.39 is 9.84 Å². The van der Waals surface area contributed by atoms with Gasteiger partial charge in [-0.2, -0.15) is 0 Å². The highest BCUT2D eigenvalue weighted by Gasteiger charge is 2.10. The van der Waals surface area contributed by atoms with Crippen LogP contribution in [0.4, 0.5) is 4.39 Å². The molecule has 0 aliphatic heterocycles. The minimum atomic E-state index is -3.00. The molecule has 2 N–H and O–H groups in total. The molecule has 7 nitrogen and oxygen atoms in total. The molecule has 0 aliphatic rings. The second-order valence-electron chi connectivity index (χ2n) is 6.79. The van der Waals surface area contributed by atoms with Crippen LogP contribution in [0.5, 0.6) is 0 Å². The number of hydrogen-bond acceptors (Lipinski definition) is 4. The lowest BCUT2D eigenvalue weighted by Gasteiger charge is -2.17. The number of sulfone groups is 1. The van der Waals surface area contributed by atoms with Gasteiger partial charge in [0.2, 0.25) is 0 Å². The first kappa shape index (κ1) is 25.3. The summed E-state index contributed by atoms with van der Waals surface area (Å²) >= 11 is 0. The first-order valence-corrected chi connectivity index (χ1v) is 11.3. The largest absolute Gasteiger partial charge is 0.357 e. The van der Waals surface area contributed by atoms with Gasteiger partial charge in [-0.3, -0.25) is 0 Å². The van der Waals surface area contributed by atoms with Gasteiger partial charge < -0.3 is 15.2 Å². The SMILES string of the molecule is CCNC(=NCc1ccc(-n2ccnc2C)c(F)c1)NC(C)CCS(C)(=O)=O.I. The highest BCUT2D eigenvalue weighted by molar-refractivity contribution is 14.0. The Morgan fingerprint density at radius 3 is 2.66 bits per heavy atom. The molecule has 0 fully saturated rings. The minimum absolute atomic E-state index is 0. The number of halogens is 2. The molecule has 10 heteroatoms. The molecule has 2 aromatic rings. The Hall–Kier alpha value is -1.69. The standard InChI is InChI=1S/C19H28FN5O2S.HI/c1-5-21-19(24-14(2)8-11-28(4,26)27)23-13-16-6-7-18(17(20)12-16)25-10-9-22-15(25)3;/h6-7,9-10,12,14H,5,8,11,13H2,1-4H3,(H2,21,23,24);1H.